The van der Waals surface area contributed by atoms with E-state index in [1.165, 1.54) is 20.3 Å². The van der Waals surface area contributed by atoms with Crippen LogP contribution >= 0.6 is 0 Å². The average Bonchev–Trinajstić information content (AvgIpc) is 2.39. The largest absolute Gasteiger partial charge is 0.416 e. The molecule has 0 radical (unpaired) electrons. The second-order valence-electron chi connectivity index (χ2n) is 3.68. The molecule has 0 aromatic carbocycles. The van der Waals surface area contributed by atoms with E-state index in [0.29, 0.717) is 12.7 Å². The number of allylic oxidation sites excluding steroid dienone is 4. The lowest BCUT2D eigenvalue weighted by Crippen LogP contribution is -2.30. The summed E-state index contributed by atoms with van der Waals surface area (Å²) in [5.41, 5.74) is -0.515. The standard InChI is InChI=1S/C7H7F3.C5H10O3/c8-7(9,10)6-4-2-1-3-5-6;1-5(4-6,7-2)8-3/h2,4-5H,1,3H2;4H,1-3H3. The minimum Gasteiger partial charge on any atom is -0.347 e. The smallest absolute Gasteiger partial charge is 0.347 e. The van der Waals surface area contributed by atoms with Crippen molar-refractivity contribution in [3.05, 3.63) is 23.8 Å². The molecule has 6 heteroatoms. The van der Waals surface area contributed by atoms with Gasteiger partial charge in [-0.15, -0.1) is 0 Å². The highest BCUT2D eigenvalue weighted by molar-refractivity contribution is 5.59. The zero-order valence-corrected chi connectivity index (χ0v) is 10.6. The van der Waals surface area contributed by atoms with E-state index < -0.39 is 17.5 Å². The van der Waals surface area contributed by atoms with E-state index >= 15 is 0 Å². The number of hydrogen-bond donors (Lipinski definition) is 0. The molecule has 0 atom stereocenters. The topological polar surface area (TPSA) is 35.5 Å². The molecule has 0 aromatic heterocycles. The molecule has 0 saturated heterocycles. The van der Waals surface area contributed by atoms with Crippen molar-refractivity contribution in [1.82, 2.24) is 0 Å². The molecule has 0 bridgehead atoms. The van der Waals surface area contributed by atoms with Gasteiger partial charge in [0.25, 0.3) is 0 Å². The molecule has 0 N–H and O–H groups in total. The second-order valence-corrected chi connectivity index (χ2v) is 3.68. The van der Waals surface area contributed by atoms with Crippen molar-refractivity contribution in [2.45, 2.75) is 31.7 Å². The molecule has 0 fully saturated rings. The van der Waals surface area contributed by atoms with Crippen LogP contribution in [-0.2, 0) is 14.3 Å². The Kier molecular flexibility index (Phi) is 6.86. The Bertz CT molecular complexity index is 315. The maximum Gasteiger partial charge on any atom is 0.416 e. The predicted molar refractivity (Wildman–Crippen MR) is 61.0 cm³/mol. The summed E-state index contributed by atoms with van der Waals surface area (Å²) in [6.07, 6.45) is 1.57. The number of methoxy groups -OCH3 is 2. The molecule has 1 aliphatic carbocycles. The highest BCUT2D eigenvalue weighted by Gasteiger charge is 2.31. The Morgan fingerprint density at radius 3 is 1.94 bits per heavy atom. The van der Waals surface area contributed by atoms with Crippen LogP contribution in [0.2, 0.25) is 0 Å². The monoisotopic (exact) mass is 266 g/mol. The van der Waals surface area contributed by atoms with Crippen molar-refractivity contribution >= 4 is 6.29 Å². The van der Waals surface area contributed by atoms with Gasteiger partial charge in [0.05, 0.1) is 5.57 Å². The van der Waals surface area contributed by atoms with Crippen LogP contribution in [0, 0.1) is 0 Å². The van der Waals surface area contributed by atoms with Gasteiger partial charge in [-0.3, -0.25) is 4.79 Å². The van der Waals surface area contributed by atoms with Crippen LogP contribution in [0.25, 0.3) is 0 Å². The van der Waals surface area contributed by atoms with Gasteiger partial charge in [0.1, 0.15) is 0 Å². The molecule has 1 aliphatic rings. The van der Waals surface area contributed by atoms with Crippen molar-refractivity contribution in [2.24, 2.45) is 0 Å². The summed E-state index contributed by atoms with van der Waals surface area (Å²) in [7, 11) is 2.83. The van der Waals surface area contributed by atoms with Gasteiger partial charge >= 0.3 is 6.18 Å². The van der Waals surface area contributed by atoms with E-state index in [1.54, 1.807) is 13.0 Å². The minimum absolute atomic E-state index is 0.505. The van der Waals surface area contributed by atoms with Gasteiger partial charge in [-0.05, 0) is 19.8 Å². The second kappa shape index (κ2) is 7.33. The minimum atomic E-state index is -4.16. The molecule has 3 nitrogen and oxygen atoms in total. The van der Waals surface area contributed by atoms with E-state index in [9.17, 15) is 18.0 Å². The van der Waals surface area contributed by atoms with Gasteiger partial charge in [0.15, 0.2) is 6.29 Å². The van der Waals surface area contributed by atoms with Gasteiger partial charge in [-0.25, -0.2) is 0 Å². The number of rotatable bonds is 3. The maximum atomic E-state index is 11.8. The average molecular weight is 266 g/mol. The lowest BCUT2D eigenvalue weighted by molar-refractivity contribution is -0.186. The number of halogens is 3. The summed E-state index contributed by atoms with van der Waals surface area (Å²) >= 11 is 0. The summed E-state index contributed by atoms with van der Waals surface area (Å²) in [6, 6.07) is 0. The highest BCUT2D eigenvalue weighted by atomic mass is 19.4. The van der Waals surface area contributed by atoms with Crippen LogP contribution in [0.5, 0.6) is 0 Å². The van der Waals surface area contributed by atoms with Crippen LogP contribution in [0.1, 0.15) is 19.8 Å². The first-order chi connectivity index (χ1) is 8.29. The zero-order chi connectivity index (χ0) is 14.2. The van der Waals surface area contributed by atoms with E-state index in [4.69, 9.17) is 0 Å². The van der Waals surface area contributed by atoms with Crippen molar-refractivity contribution in [3.63, 3.8) is 0 Å². The first-order valence-electron chi connectivity index (χ1n) is 5.29. The van der Waals surface area contributed by atoms with Crippen LogP contribution < -0.4 is 0 Å². The lowest BCUT2D eigenvalue weighted by atomic mass is 10.1. The molecule has 0 amide bonds. The number of aldehydes is 1. The van der Waals surface area contributed by atoms with Crippen LogP contribution in [-0.4, -0.2) is 32.5 Å². The number of alkyl halides is 3. The summed E-state index contributed by atoms with van der Waals surface area (Å²) in [4.78, 5) is 10.0. The number of carbonyl (C=O) groups excluding carboxylic acids is 1. The van der Waals surface area contributed by atoms with Gasteiger partial charge in [0.2, 0.25) is 5.79 Å². The normalized spacial score (nSPS) is 15.6. The molecule has 0 unspecified atom stereocenters. The Morgan fingerprint density at radius 2 is 1.78 bits per heavy atom. The molecular formula is C12H17F3O3. The Labute approximate surface area is 104 Å². The summed E-state index contributed by atoms with van der Waals surface area (Å²) in [5, 5.41) is 0. The van der Waals surface area contributed by atoms with Crippen molar-refractivity contribution in [3.8, 4) is 0 Å². The fraction of sp³-hybridized carbons (Fsp3) is 0.583. The third-order valence-electron chi connectivity index (χ3n) is 2.35. The molecule has 0 aromatic rings. The molecule has 0 aliphatic heterocycles. The molecule has 1 rings (SSSR count). The fourth-order valence-electron chi connectivity index (χ4n) is 1.00. The Balaban J connectivity index is 0.000000331. The third-order valence-corrected chi connectivity index (χ3v) is 2.35. The Hall–Kier alpha value is -1.14. The third kappa shape index (κ3) is 5.97. The van der Waals surface area contributed by atoms with Gasteiger partial charge in [-0.2, -0.15) is 13.2 Å². The van der Waals surface area contributed by atoms with Crippen LogP contribution in [0.3, 0.4) is 0 Å². The van der Waals surface area contributed by atoms with E-state index in [2.05, 4.69) is 9.47 Å². The molecule has 0 saturated carbocycles. The van der Waals surface area contributed by atoms with E-state index in [-0.39, 0.29) is 0 Å². The first-order valence-corrected chi connectivity index (χ1v) is 5.29. The predicted octanol–water partition coefficient (Wildman–Crippen LogP) is 3.02. The SMILES string of the molecule is COC(C)(C=O)OC.FC(F)(F)C1=CCCC=C1. The van der Waals surface area contributed by atoms with Gasteiger partial charge < -0.3 is 9.47 Å². The molecule has 0 spiro atoms. The van der Waals surface area contributed by atoms with Crippen molar-refractivity contribution in [1.29, 1.82) is 0 Å². The zero-order valence-electron chi connectivity index (χ0n) is 10.6. The number of hydrogen-bond acceptors (Lipinski definition) is 3. The molecule has 18 heavy (non-hydrogen) atoms. The van der Waals surface area contributed by atoms with Crippen LogP contribution in [0.4, 0.5) is 13.2 Å². The van der Waals surface area contributed by atoms with Crippen molar-refractivity contribution in [2.75, 3.05) is 14.2 Å². The first kappa shape index (κ1) is 16.9. The maximum absolute atomic E-state index is 11.8. The summed E-state index contributed by atoms with van der Waals surface area (Å²) < 4.78 is 44.8. The van der Waals surface area contributed by atoms with E-state index in [1.807, 2.05) is 0 Å². The summed E-state index contributed by atoms with van der Waals surface area (Å²) in [6.45, 7) is 1.54. The van der Waals surface area contributed by atoms with Crippen LogP contribution in [0.15, 0.2) is 23.8 Å². The summed E-state index contributed by atoms with van der Waals surface area (Å²) in [5.74, 6) is -1.06. The van der Waals surface area contributed by atoms with Crippen molar-refractivity contribution < 1.29 is 27.4 Å². The van der Waals surface area contributed by atoms with Gasteiger partial charge in [0, 0.05) is 14.2 Å². The number of ether oxygens (including phenoxy) is 2. The van der Waals surface area contributed by atoms with Gasteiger partial charge in [-0.1, -0.05) is 18.2 Å². The fourth-order valence-corrected chi connectivity index (χ4v) is 1.00. The quantitative estimate of drug-likeness (QED) is 0.582. The number of carbonyl (C=O) groups is 1. The highest BCUT2D eigenvalue weighted by Crippen LogP contribution is 2.28. The molecule has 104 valence electrons. The van der Waals surface area contributed by atoms with E-state index in [0.717, 1.165) is 12.5 Å². The molecular weight excluding hydrogens is 249 g/mol. The molecule has 0 heterocycles. The Morgan fingerprint density at radius 1 is 1.22 bits per heavy atom. The lowest BCUT2D eigenvalue weighted by Gasteiger charge is -2.17.